The molecule has 0 atom stereocenters. The Bertz CT molecular complexity index is 509. The SMILES string of the molecule is CC(C)(C)NCCCCc1cnn(-c2ccccc2)c1. The number of nitrogens with zero attached hydrogens (tertiary/aromatic N) is 2. The molecule has 0 aliphatic heterocycles. The maximum Gasteiger partial charge on any atom is 0.0645 e. The first-order valence-electron chi connectivity index (χ1n) is 7.39. The van der Waals surface area contributed by atoms with Gasteiger partial charge in [0.25, 0.3) is 0 Å². The van der Waals surface area contributed by atoms with E-state index in [1.165, 1.54) is 18.4 Å². The molecule has 1 heterocycles. The van der Waals surface area contributed by atoms with Crippen LogP contribution in [0.15, 0.2) is 42.7 Å². The van der Waals surface area contributed by atoms with Gasteiger partial charge in [-0.3, -0.25) is 0 Å². The third-order valence-corrected chi connectivity index (χ3v) is 3.20. The molecule has 0 saturated heterocycles. The van der Waals surface area contributed by atoms with Gasteiger partial charge in [-0.1, -0.05) is 18.2 Å². The maximum absolute atomic E-state index is 4.43. The monoisotopic (exact) mass is 271 g/mol. The summed E-state index contributed by atoms with van der Waals surface area (Å²) in [5.41, 5.74) is 2.65. The van der Waals surface area contributed by atoms with E-state index >= 15 is 0 Å². The number of rotatable bonds is 6. The fraction of sp³-hybridized carbons (Fsp3) is 0.471. The standard InChI is InChI=1S/C17H25N3/c1-17(2,3)18-12-8-7-9-15-13-19-20(14-15)16-10-5-4-6-11-16/h4-6,10-11,13-14,18H,7-9,12H2,1-3H3. The molecule has 2 rings (SSSR count). The Kier molecular flexibility index (Phi) is 4.96. The Labute approximate surface area is 122 Å². The van der Waals surface area contributed by atoms with Crippen molar-refractivity contribution in [1.82, 2.24) is 15.1 Å². The van der Waals surface area contributed by atoms with E-state index in [9.17, 15) is 0 Å². The summed E-state index contributed by atoms with van der Waals surface area (Å²) < 4.78 is 1.95. The summed E-state index contributed by atoms with van der Waals surface area (Å²) in [7, 11) is 0. The summed E-state index contributed by atoms with van der Waals surface area (Å²) in [5, 5.41) is 7.94. The van der Waals surface area contributed by atoms with Crippen LogP contribution in [-0.4, -0.2) is 21.9 Å². The Balaban J connectivity index is 1.76. The van der Waals surface area contributed by atoms with Crippen molar-refractivity contribution in [2.75, 3.05) is 6.54 Å². The number of aryl methyl sites for hydroxylation is 1. The highest BCUT2D eigenvalue weighted by Crippen LogP contribution is 2.10. The molecule has 20 heavy (non-hydrogen) atoms. The van der Waals surface area contributed by atoms with E-state index < -0.39 is 0 Å². The van der Waals surface area contributed by atoms with Crippen LogP contribution in [0, 0.1) is 0 Å². The van der Waals surface area contributed by atoms with Crippen LogP contribution in [0.3, 0.4) is 0 Å². The molecule has 0 unspecified atom stereocenters. The molecule has 0 aliphatic rings. The zero-order chi connectivity index (χ0) is 14.4. The lowest BCUT2D eigenvalue weighted by Gasteiger charge is -2.20. The van der Waals surface area contributed by atoms with Crippen LogP contribution in [0.25, 0.3) is 5.69 Å². The first-order valence-corrected chi connectivity index (χ1v) is 7.39. The van der Waals surface area contributed by atoms with Crippen molar-refractivity contribution < 1.29 is 0 Å². The number of benzene rings is 1. The molecule has 0 bridgehead atoms. The molecular formula is C17H25N3. The number of unbranched alkanes of at least 4 members (excludes halogenated alkanes) is 1. The van der Waals surface area contributed by atoms with E-state index in [1.54, 1.807) is 0 Å². The normalized spacial score (nSPS) is 11.8. The molecule has 0 aliphatic carbocycles. The van der Waals surface area contributed by atoms with Gasteiger partial charge in [-0.2, -0.15) is 5.10 Å². The highest BCUT2D eigenvalue weighted by atomic mass is 15.3. The summed E-state index contributed by atoms with van der Waals surface area (Å²) in [5.74, 6) is 0. The van der Waals surface area contributed by atoms with Crippen molar-refractivity contribution in [2.45, 2.75) is 45.6 Å². The van der Waals surface area contributed by atoms with Crippen LogP contribution in [0.2, 0.25) is 0 Å². The zero-order valence-electron chi connectivity index (χ0n) is 12.8. The van der Waals surface area contributed by atoms with Gasteiger partial charge in [-0.05, 0) is 64.3 Å². The van der Waals surface area contributed by atoms with Gasteiger partial charge in [-0.15, -0.1) is 0 Å². The second-order valence-electron chi connectivity index (χ2n) is 6.26. The number of aromatic nitrogens is 2. The molecule has 0 saturated carbocycles. The fourth-order valence-corrected chi connectivity index (χ4v) is 2.13. The molecule has 1 aromatic carbocycles. The second-order valence-corrected chi connectivity index (χ2v) is 6.26. The molecule has 0 amide bonds. The minimum absolute atomic E-state index is 0.220. The van der Waals surface area contributed by atoms with Crippen LogP contribution in [0.4, 0.5) is 0 Å². The van der Waals surface area contributed by atoms with E-state index in [4.69, 9.17) is 0 Å². The summed E-state index contributed by atoms with van der Waals surface area (Å²) in [4.78, 5) is 0. The number of nitrogens with one attached hydrogen (secondary N) is 1. The summed E-state index contributed by atoms with van der Waals surface area (Å²) in [6.45, 7) is 7.70. The molecule has 0 fully saturated rings. The van der Waals surface area contributed by atoms with Gasteiger partial charge in [-0.25, -0.2) is 4.68 Å². The van der Waals surface area contributed by atoms with E-state index in [0.29, 0.717) is 0 Å². The number of para-hydroxylation sites is 1. The van der Waals surface area contributed by atoms with E-state index in [2.05, 4.69) is 49.5 Å². The molecule has 0 radical (unpaired) electrons. The van der Waals surface area contributed by atoms with Crippen molar-refractivity contribution in [1.29, 1.82) is 0 Å². The second kappa shape index (κ2) is 6.71. The van der Waals surface area contributed by atoms with Crippen molar-refractivity contribution >= 4 is 0 Å². The Morgan fingerprint density at radius 3 is 2.55 bits per heavy atom. The smallest absolute Gasteiger partial charge is 0.0645 e. The lowest BCUT2D eigenvalue weighted by Crippen LogP contribution is -2.36. The topological polar surface area (TPSA) is 29.9 Å². The van der Waals surface area contributed by atoms with Crippen LogP contribution < -0.4 is 5.32 Å². The van der Waals surface area contributed by atoms with E-state index in [1.807, 2.05) is 29.1 Å². The Morgan fingerprint density at radius 1 is 1.10 bits per heavy atom. The van der Waals surface area contributed by atoms with Gasteiger partial charge in [0.05, 0.1) is 11.9 Å². The Morgan fingerprint density at radius 2 is 1.85 bits per heavy atom. The fourth-order valence-electron chi connectivity index (χ4n) is 2.13. The van der Waals surface area contributed by atoms with Gasteiger partial charge in [0, 0.05) is 11.7 Å². The predicted molar refractivity (Wildman–Crippen MR) is 84.3 cm³/mol. The average molecular weight is 271 g/mol. The molecule has 0 spiro atoms. The molecule has 1 aromatic heterocycles. The lowest BCUT2D eigenvalue weighted by atomic mass is 10.1. The van der Waals surface area contributed by atoms with Gasteiger partial charge < -0.3 is 5.32 Å². The van der Waals surface area contributed by atoms with E-state index in [0.717, 1.165) is 18.7 Å². The summed E-state index contributed by atoms with van der Waals surface area (Å²) in [6, 6.07) is 10.2. The van der Waals surface area contributed by atoms with Gasteiger partial charge in [0.1, 0.15) is 0 Å². The molecule has 108 valence electrons. The molecule has 2 aromatic rings. The third kappa shape index (κ3) is 4.82. The van der Waals surface area contributed by atoms with Gasteiger partial charge in [0.2, 0.25) is 0 Å². The highest BCUT2D eigenvalue weighted by molar-refractivity contribution is 5.30. The summed E-state index contributed by atoms with van der Waals surface area (Å²) in [6.07, 6.45) is 7.60. The predicted octanol–water partition coefficient (Wildman–Crippen LogP) is 3.58. The molecule has 1 N–H and O–H groups in total. The summed E-state index contributed by atoms with van der Waals surface area (Å²) >= 11 is 0. The molecule has 3 heteroatoms. The van der Waals surface area contributed by atoms with Crippen LogP contribution in [-0.2, 0) is 6.42 Å². The number of hydrogen-bond acceptors (Lipinski definition) is 2. The van der Waals surface area contributed by atoms with Crippen LogP contribution in [0.5, 0.6) is 0 Å². The highest BCUT2D eigenvalue weighted by Gasteiger charge is 2.07. The third-order valence-electron chi connectivity index (χ3n) is 3.20. The van der Waals surface area contributed by atoms with Crippen LogP contribution >= 0.6 is 0 Å². The maximum atomic E-state index is 4.43. The first-order chi connectivity index (χ1) is 9.54. The van der Waals surface area contributed by atoms with Crippen molar-refractivity contribution in [3.63, 3.8) is 0 Å². The van der Waals surface area contributed by atoms with Gasteiger partial charge in [0.15, 0.2) is 0 Å². The largest absolute Gasteiger partial charge is 0.312 e. The van der Waals surface area contributed by atoms with E-state index in [-0.39, 0.29) is 5.54 Å². The van der Waals surface area contributed by atoms with Gasteiger partial charge >= 0.3 is 0 Å². The van der Waals surface area contributed by atoms with Crippen molar-refractivity contribution in [2.24, 2.45) is 0 Å². The van der Waals surface area contributed by atoms with Crippen molar-refractivity contribution in [3.05, 3.63) is 48.3 Å². The lowest BCUT2D eigenvalue weighted by molar-refractivity contribution is 0.419. The van der Waals surface area contributed by atoms with Crippen LogP contribution in [0.1, 0.15) is 39.2 Å². The van der Waals surface area contributed by atoms with Crippen molar-refractivity contribution in [3.8, 4) is 5.69 Å². The minimum Gasteiger partial charge on any atom is -0.312 e. The molecular weight excluding hydrogens is 246 g/mol. The molecule has 3 nitrogen and oxygen atoms in total. The first kappa shape index (κ1) is 14.8. The minimum atomic E-state index is 0.220. The quantitative estimate of drug-likeness (QED) is 0.814. The number of hydrogen-bond donors (Lipinski definition) is 1. The Hall–Kier alpha value is -1.61. The zero-order valence-corrected chi connectivity index (χ0v) is 12.8. The average Bonchev–Trinajstić information content (AvgIpc) is 2.87.